The van der Waals surface area contributed by atoms with Crippen molar-refractivity contribution in [1.82, 2.24) is 5.32 Å². The fraction of sp³-hybridized carbons (Fsp3) is 0.647. The Morgan fingerprint density at radius 2 is 2.06 bits per heavy atom. The Balaban J connectivity index is 1.54. The zero-order valence-electron chi connectivity index (χ0n) is 11.5. The lowest BCUT2D eigenvalue weighted by Gasteiger charge is -2.27. The molecule has 1 N–H and O–H groups in total. The maximum absolute atomic E-state index is 3.69. The minimum absolute atomic E-state index is 0.759. The van der Waals surface area contributed by atoms with Crippen LogP contribution in [-0.2, 0) is 19.3 Å². The Morgan fingerprint density at radius 1 is 1.17 bits per heavy atom. The molecule has 3 rings (SSSR count). The summed E-state index contributed by atoms with van der Waals surface area (Å²) < 4.78 is 0. The summed E-state index contributed by atoms with van der Waals surface area (Å²) >= 11 is 0. The van der Waals surface area contributed by atoms with E-state index in [4.69, 9.17) is 0 Å². The van der Waals surface area contributed by atoms with Crippen molar-refractivity contribution in [3.63, 3.8) is 0 Å². The van der Waals surface area contributed by atoms with Gasteiger partial charge in [0.25, 0.3) is 0 Å². The molecular formula is C17H25N. The lowest BCUT2D eigenvalue weighted by Crippen LogP contribution is -2.38. The second kappa shape index (κ2) is 5.44. The van der Waals surface area contributed by atoms with E-state index in [0.717, 1.165) is 12.0 Å². The van der Waals surface area contributed by atoms with E-state index in [-0.39, 0.29) is 0 Å². The van der Waals surface area contributed by atoms with Gasteiger partial charge >= 0.3 is 0 Å². The van der Waals surface area contributed by atoms with Crippen LogP contribution in [-0.4, -0.2) is 12.6 Å². The first kappa shape index (κ1) is 12.2. The topological polar surface area (TPSA) is 12.0 Å². The molecule has 98 valence electrons. The molecule has 0 amide bonds. The zero-order chi connectivity index (χ0) is 12.4. The Bertz CT molecular complexity index is 402. The molecular weight excluding hydrogens is 218 g/mol. The van der Waals surface area contributed by atoms with Gasteiger partial charge in [-0.3, -0.25) is 0 Å². The second-order valence-electron chi connectivity index (χ2n) is 6.28. The van der Waals surface area contributed by atoms with Gasteiger partial charge in [-0.05, 0) is 74.1 Å². The quantitative estimate of drug-likeness (QED) is 0.857. The molecule has 1 aromatic carbocycles. The van der Waals surface area contributed by atoms with Gasteiger partial charge in [0.2, 0.25) is 0 Å². The highest BCUT2D eigenvalue weighted by Crippen LogP contribution is 2.24. The van der Waals surface area contributed by atoms with Crippen LogP contribution in [0.25, 0.3) is 0 Å². The highest BCUT2D eigenvalue weighted by atomic mass is 14.9. The lowest BCUT2D eigenvalue weighted by atomic mass is 9.92. The molecule has 0 spiro atoms. The van der Waals surface area contributed by atoms with E-state index in [1.165, 1.54) is 51.5 Å². The normalized spacial score (nSPS) is 27.2. The average Bonchev–Trinajstić information content (AvgIpc) is 2.85. The van der Waals surface area contributed by atoms with Crippen molar-refractivity contribution in [2.24, 2.45) is 5.92 Å². The van der Waals surface area contributed by atoms with Gasteiger partial charge in [0, 0.05) is 6.04 Å². The SMILES string of the molecule is CC1CCC(CCc2ccc3c(c2)CCC3)NC1. The third-order valence-electron chi connectivity index (χ3n) is 4.71. The van der Waals surface area contributed by atoms with Crippen molar-refractivity contribution in [2.75, 3.05) is 6.54 Å². The fourth-order valence-electron chi connectivity index (χ4n) is 3.43. The molecule has 1 heterocycles. The van der Waals surface area contributed by atoms with Crippen molar-refractivity contribution in [3.8, 4) is 0 Å². The van der Waals surface area contributed by atoms with Gasteiger partial charge in [-0.2, -0.15) is 0 Å². The van der Waals surface area contributed by atoms with E-state index in [9.17, 15) is 0 Å². The van der Waals surface area contributed by atoms with Gasteiger partial charge in [-0.1, -0.05) is 25.1 Å². The molecule has 18 heavy (non-hydrogen) atoms. The van der Waals surface area contributed by atoms with Crippen LogP contribution < -0.4 is 5.32 Å². The van der Waals surface area contributed by atoms with Gasteiger partial charge in [0.1, 0.15) is 0 Å². The van der Waals surface area contributed by atoms with Crippen molar-refractivity contribution in [3.05, 3.63) is 34.9 Å². The Labute approximate surface area is 111 Å². The van der Waals surface area contributed by atoms with Crippen LogP contribution in [0.5, 0.6) is 0 Å². The van der Waals surface area contributed by atoms with Gasteiger partial charge in [-0.15, -0.1) is 0 Å². The molecule has 1 fully saturated rings. The van der Waals surface area contributed by atoms with Crippen molar-refractivity contribution < 1.29 is 0 Å². The van der Waals surface area contributed by atoms with E-state index in [1.807, 2.05) is 0 Å². The molecule has 2 unspecified atom stereocenters. The van der Waals surface area contributed by atoms with E-state index in [2.05, 4.69) is 30.4 Å². The third kappa shape index (κ3) is 2.77. The number of benzene rings is 1. The molecule has 1 aliphatic carbocycles. The molecule has 1 aromatic rings. The largest absolute Gasteiger partial charge is 0.314 e. The third-order valence-corrected chi connectivity index (χ3v) is 4.71. The summed E-state index contributed by atoms with van der Waals surface area (Å²) in [7, 11) is 0. The van der Waals surface area contributed by atoms with Crippen molar-refractivity contribution >= 4 is 0 Å². The molecule has 1 nitrogen and oxygen atoms in total. The van der Waals surface area contributed by atoms with Crippen molar-refractivity contribution in [2.45, 2.75) is 57.9 Å². The molecule has 2 atom stereocenters. The molecule has 0 aromatic heterocycles. The monoisotopic (exact) mass is 243 g/mol. The highest BCUT2D eigenvalue weighted by molar-refractivity contribution is 5.35. The van der Waals surface area contributed by atoms with Crippen LogP contribution >= 0.6 is 0 Å². The minimum atomic E-state index is 0.759. The number of rotatable bonds is 3. The summed E-state index contributed by atoms with van der Waals surface area (Å²) in [4.78, 5) is 0. The molecule has 0 radical (unpaired) electrons. The van der Waals surface area contributed by atoms with Crippen molar-refractivity contribution in [1.29, 1.82) is 0 Å². The Kier molecular flexibility index (Phi) is 3.69. The number of hydrogen-bond acceptors (Lipinski definition) is 1. The van der Waals surface area contributed by atoms with E-state index in [0.29, 0.717) is 0 Å². The first-order valence-corrected chi connectivity index (χ1v) is 7.65. The average molecular weight is 243 g/mol. The number of aryl methyl sites for hydroxylation is 3. The molecule has 2 aliphatic rings. The van der Waals surface area contributed by atoms with E-state index >= 15 is 0 Å². The smallest absolute Gasteiger partial charge is 0.00704 e. The maximum atomic E-state index is 3.69. The number of nitrogens with one attached hydrogen (secondary N) is 1. The summed E-state index contributed by atoms with van der Waals surface area (Å²) in [5, 5.41) is 3.69. The summed E-state index contributed by atoms with van der Waals surface area (Å²) in [6.45, 7) is 3.57. The number of hydrogen-bond donors (Lipinski definition) is 1. The fourth-order valence-corrected chi connectivity index (χ4v) is 3.43. The second-order valence-corrected chi connectivity index (χ2v) is 6.28. The Morgan fingerprint density at radius 3 is 2.89 bits per heavy atom. The summed E-state index contributed by atoms with van der Waals surface area (Å²) in [5.74, 6) is 0.876. The van der Waals surface area contributed by atoms with Crippen LogP contribution in [0.2, 0.25) is 0 Å². The molecule has 0 saturated carbocycles. The van der Waals surface area contributed by atoms with Gasteiger partial charge in [-0.25, -0.2) is 0 Å². The van der Waals surface area contributed by atoms with Crippen LogP contribution in [0.1, 0.15) is 49.3 Å². The van der Waals surface area contributed by atoms with Gasteiger partial charge < -0.3 is 5.32 Å². The number of fused-ring (bicyclic) bond motifs is 1. The Hall–Kier alpha value is -0.820. The summed E-state index contributed by atoms with van der Waals surface area (Å²) in [6, 6.07) is 7.95. The first-order chi connectivity index (χ1) is 8.81. The minimum Gasteiger partial charge on any atom is -0.314 e. The summed E-state index contributed by atoms with van der Waals surface area (Å²) in [6.07, 6.45) is 9.31. The standard InChI is InChI=1S/C17H25N/c1-13-5-9-17(18-12-13)10-7-14-6-8-15-3-2-4-16(15)11-14/h6,8,11,13,17-18H,2-5,7,9-10,12H2,1H3. The number of piperidine rings is 1. The molecule has 0 bridgehead atoms. The van der Waals surface area contributed by atoms with E-state index < -0.39 is 0 Å². The predicted molar refractivity (Wildman–Crippen MR) is 77.0 cm³/mol. The molecule has 1 heteroatoms. The van der Waals surface area contributed by atoms with Gasteiger partial charge in [0.15, 0.2) is 0 Å². The zero-order valence-corrected chi connectivity index (χ0v) is 11.5. The maximum Gasteiger partial charge on any atom is 0.00704 e. The first-order valence-electron chi connectivity index (χ1n) is 7.65. The molecule has 1 saturated heterocycles. The van der Waals surface area contributed by atoms with Crippen LogP contribution in [0, 0.1) is 5.92 Å². The molecule has 1 aliphatic heterocycles. The lowest BCUT2D eigenvalue weighted by molar-refractivity contribution is 0.316. The predicted octanol–water partition coefficient (Wildman–Crippen LogP) is 3.50. The van der Waals surface area contributed by atoms with Gasteiger partial charge in [0.05, 0.1) is 0 Å². The van der Waals surface area contributed by atoms with Crippen LogP contribution in [0.4, 0.5) is 0 Å². The van der Waals surface area contributed by atoms with E-state index in [1.54, 1.807) is 16.7 Å². The summed E-state index contributed by atoms with van der Waals surface area (Å²) in [5.41, 5.74) is 4.78. The highest BCUT2D eigenvalue weighted by Gasteiger charge is 2.17. The van der Waals surface area contributed by atoms with Crippen LogP contribution in [0.15, 0.2) is 18.2 Å². The van der Waals surface area contributed by atoms with Crippen LogP contribution in [0.3, 0.4) is 0 Å².